The van der Waals surface area contributed by atoms with Crippen LogP contribution < -0.4 is 5.32 Å². The molecule has 1 aliphatic rings. The Balaban J connectivity index is 1.58. The van der Waals surface area contributed by atoms with E-state index in [0.717, 1.165) is 39.0 Å². The standard InChI is InChI=1S/C13H22N2O2S2/c16-19(17)10-1-6-15(8-11-19)7-5-14-4-2-13-3-9-18-12-13/h3,9,12,14H,1-2,4-8,10-11H2. The molecule has 0 unspecified atom stereocenters. The number of nitrogens with one attached hydrogen (secondary N) is 1. The third-order valence-electron chi connectivity index (χ3n) is 3.42. The van der Waals surface area contributed by atoms with E-state index in [-0.39, 0.29) is 0 Å². The van der Waals surface area contributed by atoms with E-state index in [1.165, 1.54) is 5.56 Å². The smallest absolute Gasteiger partial charge is 0.151 e. The van der Waals surface area contributed by atoms with Gasteiger partial charge in [-0.25, -0.2) is 8.42 Å². The molecule has 2 heterocycles. The van der Waals surface area contributed by atoms with Gasteiger partial charge in [0.05, 0.1) is 11.5 Å². The van der Waals surface area contributed by atoms with Crippen LogP contribution in [-0.2, 0) is 16.3 Å². The number of hydrogen-bond acceptors (Lipinski definition) is 5. The largest absolute Gasteiger partial charge is 0.315 e. The van der Waals surface area contributed by atoms with E-state index in [1.54, 1.807) is 11.3 Å². The van der Waals surface area contributed by atoms with E-state index in [2.05, 4.69) is 27.0 Å². The van der Waals surface area contributed by atoms with Gasteiger partial charge in [0, 0.05) is 19.6 Å². The molecule has 1 aromatic rings. The molecule has 0 aliphatic carbocycles. The normalized spacial score (nSPS) is 20.2. The van der Waals surface area contributed by atoms with Crippen molar-refractivity contribution in [2.24, 2.45) is 0 Å². The first-order chi connectivity index (χ1) is 9.16. The van der Waals surface area contributed by atoms with Crippen LogP contribution in [0.2, 0.25) is 0 Å². The molecule has 108 valence electrons. The molecule has 4 nitrogen and oxygen atoms in total. The summed E-state index contributed by atoms with van der Waals surface area (Å²) in [6.07, 6.45) is 1.84. The molecule has 1 N–H and O–H groups in total. The van der Waals surface area contributed by atoms with Crippen LogP contribution in [0.1, 0.15) is 12.0 Å². The topological polar surface area (TPSA) is 49.4 Å². The highest BCUT2D eigenvalue weighted by molar-refractivity contribution is 7.91. The SMILES string of the molecule is O=S1(=O)CCCN(CCNCCc2ccsc2)CC1. The fourth-order valence-corrected chi connectivity index (χ4v) is 4.26. The van der Waals surface area contributed by atoms with Gasteiger partial charge in [0.15, 0.2) is 9.84 Å². The maximum Gasteiger partial charge on any atom is 0.151 e. The summed E-state index contributed by atoms with van der Waals surface area (Å²) in [7, 11) is -2.78. The zero-order chi connectivity index (χ0) is 13.6. The first-order valence-corrected chi connectivity index (χ1v) is 9.57. The molecular formula is C13H22N2O2S2. The minimum atomic E-state index is -2.78. The number of hydrogen-bond donors (Lipinski definition) is 1. The third kappa shape index (κ3) is 5.60. The summed E-state index contributed by atoms with van der Waals surface area (Å²) in [5.74, 6) is 0.678. The van der Waals surface area contributed by atoms with Crippen molar-refractivity contribution in [2.45, 2.75) is 12.8 Å². The second-order valence-electron chi connectivity index (χ2n) is 4.98. The van der Waals surface area contributed by atoms with Crippen molar-refractivity contribution in [3.63, 3.8) is 0 Å². The molecule has 1 aliphatic heterocycles. The van der Waals surface area contributed by atoms with Gasteiger partial charge in [-0.15, -0.1) is 0 Å². The Morgan fingerprint density at radius 1 is 1.26 bits per heavy atom. The van der Waals surface area contributed by atoms with Crippen LogP contribution in [0.5, 0.6) is 0 Å². The van der Waals surface area contributed by atoms with Crippen LogP contribution in [0.25, 0.3) is 0 Å². The molecule has 0 saturated carbocycles. The lowest BCUT2D eigenvalue weighted by molar-refractivity contribution is 0.294. The van der Waals surface area contributed by atoms with Gasteiger partial charge < -0.3 is 10.2 Å². The Morgan fingerprint density at radius 3 is 2.95 bits per heavy atom. The van der Waals surface area contributed by atoms with Gasteiger partial charge in [-0.2, -0.15) is 11.3 Å². The van der Waals surface area contributed by atoms with Crippen LogP contribution in [-0.4, -0.2) is 57.5 Å². The zero-order valence-electron chi connectivity index (χ0n) is 11.2. The van der Waals surface area contributed by atoms with Crippen LogP contribution in [0, 0.1) is 0 Å². The van der Waals surface area contributed by atoms with Gasteiger partial charge >= 0.3 is 0 Å². The molecule has 1 aromatic heterocycles. The van der Waals surface area contributed by atoms with E-state index in [1.807, 2.05) is 0 Å². The van der Waals surface area contributed by atoms with E-state index in [4.69, 9.17) is 0 Å². The first-order valence-electron chi connectivity index (χ1n) is 6.80. The van der Waals surface area contributed by atoms with Crippen molar-refractivity contribution in [3.8, 4) is 0 Å². The van der Waals surface area contributed by atoms with Crippen molar-refractivity contribution in [2.75, 3.05) is 44.2 Å². The summed E-state index contributed by atoms with van der Waals surface area (Å²) >= 11 is 1.74. The highest BCUT2D eigenvalue weighted by Gasteiger charge is 2.18. The Kier molecular flexibility index (Phi) is 5.81. The average molecular weight is 302 g/mol. The molecule has 19 heavy (non-hydrogen) atoms. The Hall–Kier alpha value is -0.430. The minimum absolute atomic E-state index is 0.321. The summed E-state index contributed by atoms with van der Waals surface area (Å²) in [4.78, 5) is 2.25. The van der Waals surface area contributed by atoms with Gasteiger partial charge in [0.2, 0.25) is 0 Å². The Labute approximate surface area is 119 Å². The van der Waals surface area contributed by atoms with Crippen LogP contribution in [0.4, 0.5) is 0 Å². The van der Waals surface area contributed by atoms with Crippen molar-refractivity contribution in [1.82, 2.24) is 10.2 Å². The van der Waals surface area contributed by atoms with Gasteiger partial charge in [-0.1, -0.05) is 0 Å². The van der Waals surface area contributed by atoms with Gasteiger partial charge in [-0.05, 0) is 48.3 Å². The predicted octanol–water partition coefficient (Wildman–Crippen LogP) is 1.00. The summed E-state index contributed by atoms with van der Waals surface area (Å²) in [5.41, 5.74) is 1.39. The maximum absolute atomic E-state index is 11.5. The lowest BCUT2D eigenvalue weighted by atomic mass is 10.2. The van der Waals surface area contributed by atoms with E-state index in [9.17, 15) is 8.42 Å². The van der Waals surface area contributed by atoms with E-state index >= 15 is 0 Å². The van der Waals surface area contributed by atoms with Gasteiger partial charge in [0.25, 0.3) is 0 Å². The van der Waals surface area contributed by atoms with Crippen molar-refractivity contribution in [3.05, 3.63) is 22.4 Å². The Morgan fingerprint density at radius 2 is 2.16 bits per heavy atom. The molecule has 1 fully saturated rings. The molecule has 0 spiro atoms. The zero-order valence-corrected chi connectivity index (χ0v) is 12.8. The fraction of sp³-hybridized carbons (Fsp3) is 0.692. The highest BCUT2D eigenvalue weighted by Crippen LogP contribution is 2.06. The average Bonchev–Trinajstić information content (AvgIpc) is 2.81. The molecule has 2 rings (SSSR count). The lowest BCUT2D eigenvalue weighted by Crippen LogP contribution is -2.34. The third-order valence-corrected chi connectivity index (χ3v) is 5.87. The maximum atomic E-state index is 11.5. The lowest BCUT2D eigenvalue weighted by Gasteiger charge is -2.19. The summed E-state index contributed by atoms with van der Waals surface area (Å²) in [6, 6.07) is 2.16. The molecule has 0 radical (unpaired) electrons. The number of nitrogens with zero attached hydrogens (tertiary/aromatic N) is 1. The summed E-state index contributed by atoms with van der Waals surface area (Å²) in [6.45, 7) is 4.46. The van der Waals surface area contributed by atoms with Crippen molar-refractivity contribution < 1.29 is 8.42 Å². The molecule has 0 aromatic carbocycles. The summed E-state index contributed by atoms with van der Waals surface area (Å²) < 4.78 is 23.0. The Bertz CT molecular complexity index is 457. The molecule has 1 saturated heterocycles. The van der Waals surface area contributed by atoms with E-state index in [0.29, 0.717) is 18.1 Å². The van der Waals surface area contributed by atoms with Crippen LogP contribution in [0.15, 0.2) is 16.8 Å². The van der Waals surface area contributed by atoms with Crippen molar-refractivity contribution >= 4 is 21.2 Å². The van der Waals surface area contributed by atoms with Gasteiger partial charge in [0.1, 0.15) is 0 Å². The molecular weight excluding hydrogens is 280 g/mol. The minimum Gasteiger partial charge on any atom is -0.315 e. The highest BCUT2D eigenvalue weighted by atomic mass is 32.2. The second-order valence-corrected chi connectivity index (χ2v) is 8.06. The first kappa shape index (κ1) is 15.0. The molecule has 0 amide bonds. The molecule has 6 heteroatoms. The number of thiophene rings is 1. The molecule has 0 bridgehead atoms. The van der Waals surface area contributed by atoms with E-state index < -0.39 is 9.84 Å². The predicted molar refractivity (Wildman–Crippen MR) is 80.6 cm³/mol. The monoisotopic (exact) mass is 302 g/mol. The quantitative estimate of drug-likeness (QED) is 0.797. The van der Waals surface area contributed by atoms with Crippen molar-refractivity contribution in [1.29, 1.82) is 0 Å². The fourth-order valence-electron chi connectivity index (χ4n) is 2.24. The number of rotatable bonds is 6. The van der Waals surface area contributed by atoms with Crippen LogP contribution in [0.3, 0.4) is 0 Å². The summed E-state index contributed by atoms with van der Waals surface area (Å²) in [5, 5.41) is 7.71. The second kappa shape index (κ2) is 7.38. The number of sulfone groups is 1. The van der Waals surface area contributed by atoms with Gasteiger partial charge in [-0.3, -0.25) is 0 Å². The van der Waals surface area contributed by atoms with Crippen LogP contribution >= 0.6 is 11.3 Å². The molecule has 0 atom stereocenters.